The fourth-order valence-corrected chi connectivity index (χ4v) is 1.57. The van der Waals surface area contributed by atoms with E-state index in [1.165, 1.54) is 0 Å². The highest BCUT2D eigenvalue weighted by Crippen LogP contribution is 2.07. The van der Waals surface area contributed by atoms with Crippen molar-refractivity contribution in [1.29, 1.82) is 0 Å². The van der Waals surface area contributed by atoms with Gasteiger partial charge in [-0.3, -0.25) is 4.79 Å². The van der Waals surface area contributed by atoms with Crippen molar-refractivity contribution in [2.75, 3.05) is 19.7 Å². The van der Waals surface area contributed by atoms with Crippen LogP contribution in [0.4, 0.5) is 0 Å². The van der Waals surface area contributed by atoms with Crippen LogP contribution in [0.1, 0.15) is 27.2 Å². The summed E-state index contributed by atoms with van der Waals surface area (Å²) in [4.78, 5) is 11.5. The Kier molecular flexibility index (Phi) is 6.36. The molecule has 0 bridgehead atoms. The van der Waals surface area contributed by atoms with E-state index < -0.39 is 0 Å². The lowest BCUT2D eigenvalue weighted by Gasteiger charge is -2.20. The zero-order chi connectivity index (χ0) is 14.1. The molecule has 0 fully saturated rings. The third-order valence-electron chi connectivity index (χ3n) is 2.31. The standard InChI is InChI=1S/C15H24N2O2/c1-15(2,3)17-14(18)12-16-10-7-11-19-13-8-5-4-6-9-13/h4-6,8-9,16H,7,10-12H2,1-3H3,(H,17,18). The van der Waals surface area contributed by atoms with E-state index in [0.717, 1.165) is 18.7 Å². The Labute approximate surface area is 115 Å². The molecule has 0 unspecified atom stereocenters. The van der Waals surface area contributed by atoms with Gasteiger partial charge in [-0.15, -0.1) is 0 Å². The van der Waals surface area contributed by atoms with E-state index in [4.69, 9.17) is 4.74 Å². The molecule has 0 aliphatic rings. The van der Waals surface area contributed by atoms with Gasteiger partial charge >= 0.3 is 0 Å². The molecule has 0 radical (unpaired) electrons. The van der Waals surface area contributed by atoms with Gasteiger partial charge in [0.1, 0.15) is 5.75 Å². The number of amides is 1. The lowest BCUT2D eigenvalue weighted by atomic mass is 10.1. The molecule has 4 nitrogen and oxygen atoms in total. The van der Waals surface area contributed by atoms with Gasteiger partial charge in [0.2, 0.25) is 5.91 Å². The lowest BCUT2D eigenvalue weighted by Crippen LogP contribution is -2.45. The van der Waals surface area contributed by atoms with Gasteiger partial charge in [-0.05, 0) is 45.9 Å². The molecule has 0 aromatic heterocycles. The summed E-state index contributed by atoms with van der Waals surface area (Å²) in [6, 6.07) is 9.73. The van der Waals surface area contributed by atoms with Crippen LogP contribution in [0.15, 0.2) is 30.3 Å². The molecule has 1 amide bonds. The molecule has 0 saturated heterocycles. The summed E-state index contributed by atoms with van der Waals surface area (Å²) in [5, 5.41) is 6.01. The van der Waals surface area contributed by atoms with Crippen LogP contribution < -0.4 is 15.4 Å². The highest BCUT2D eigenvalue weighted by atomic mass is 16.5. The number of carbonyl (C=O) groups is 1. The summed E-state index contributed by atoms with van der Waals surface area (Å²) in [6.07, 6.45) is 0.873. The minimum Gasteiger partial charge on any atom is -0.494 e. The van der Waals surface area contributed by atoms with Crippen molar-refractivity contribution in [3.8, 4) is 5.75 Å². The molecule has 0 spiro atoms. The third kappa shape index (κ3) is 8.21. The molecule has 0 aliphatic carbocycles. The Morgan fingerprint density at radius 3 is 2.53 bits per heavy atom. The monoisotopic (exact) mass is 264 g/mol. The van der Waals surface area contributed by atoms with Crippen molar-refractivity contribution in [3.63, 3.8) is 0 Å². The summed E-state index contributed by atoms with van der Waals surface area (Å²) in [7, 11) is 0. The Balaban J connectivity index is 2.01. The molecule has 0 saturated carbocycles. The Morgan fingerprint density at radius 2 is 1.89 bits per heavy atom. The predicted molar refractivity (Wildman–Crippen MR) is 77.3 cm³/mol. The van der Waals surface area contributed by atoms with Gasteiger partial charge in [0, 0.05) is 5.54 Å². The molecule has 0 atom stereocenters. The number of benzene rings is 1. The van der Waals surface area contributed by atoms with E-state index >= 15 is 0 Å². The maximum Gasteiger partial charge on any atom is 0.234 e. The van der Waals surface area contributed by atoms with Gasteiger partial charge in [0.15, 0.2) is 0 Å². The zero-order valence-corrected chi connectivity index (χ0v) is 12.0. The van der Waals surface area contributed by atoms with Gasteiger partial charge in [0.25, 0.3) is 0 Å². The Bertz CT molecular complexity index is 371. The van der Waals surface area contributed by atoms with Crippen molar-refractivity contribution in [1.82, 2.24) is 10.6 Å². The highest BCUT2D eigenvalue weighted by molar-refractivity contribution is 5.78. The van der Waals surface area contributed by atoms with Crippen LogP contribution in [0.3, 0.4) is 0 Å². The summed E-state index contributed by atoms with van der Waals surface area (Å²) in [5.74, 6) is 0.907. The molecule has 1 rings (SSSR count). The average molecular weight is 264 g/mol. The van der Waals surface area contributed by atoms with E-state index in [0.29, 0.717) is 13.2 Å². The van der Waals surface area contributed by atoms with E-state index in [1.807, 2.05) is 51.1 Å². The minimum absolute atomic E-state index is 0.0245. The van der Waals surface area contributed by atoms with Crippen LogP contribution in [-0.2, 0) is 4.79 Å². The van der Waals surface area contributed by atoms with Crippen molar-refractivity contribution in [3.05, 3.63) is 30.3 Å². The topological polar surface area (TPSA) is 50.4 Å². The summed E-state index contributed by atoms with van der Waals surface area (Å²) < 4.78 is 5.55. The van der Waals surface area contributed by atoms with Crippen LogP contribution in [0, 0.1) is 0 Å². The van der Waals surface area contributed by atoms with Gasteiger partial charge < -0.3 is 15.4 Å². The summed E-state index contributed by atoms with van der Waals surface area (Å²) in [5.41, 5.74) is -0.171. The quantitative estimate of drug-likeness (QED) is 0.740. The molecule has 1 aromatic carbocycles. The van der Waals surface area contributed by atoms with Gasteiger partial charge in [-0.1, -0.05) is 18.2 Å². The Hall–Kier alpha value is -1.55. The second kappa shape index (κ2) is 7.79. The number of hydrogen-bond donors (Lipinski definition) is 2. The fourth-order valence-electron chi connectivity index (χ4n) is 1.57. The van der Waals surface area contributed by atoms with Crippen LogP contribution in [0.5, 0.6) is 5.75 Å². The number of para-hydroxylation sites is 1. The fraction of sp³-hybridized carbons (Fsp3) is 0.533. The van der Waals surface area contributed by atoms with Crippen LogP contribution >= 0.6 is 0 Å². The third-order valence-corrected chi connectivity index (χ3v) is 2.31. The summed E-state index contributed by atoms with van der Waals surface area (Å²) in [6.45, 7) is 7.68. The van der Waals surface area contributed by atoms with E-state index in [2.05, 4.69) is 10.6 Å². The summed E-state index contributed by atoms with van der Waals surface area (Å²) >= 11 is 0. The first-order chi connectivity index (χ1) is 8.97. The molecule has 106 valence electrons. The number of hydrogen-bond acceptors (Lipinski definition) is 3. The van der Waals surface area contributed by atoms with Crippen LogP contribution in [-0.4, -0.2) is 31.1 Å². The van der Waals surface area contributed by atoms with Crippen molar-refractivity contribution in [2.24, 2.45) is 0 Å². The normalized spacial score (nSPS) is 11.1. The second-order valence-corrected chi connectivity index (χ2v) is 5.49. The number of carbonyl (C=O) groups excluding carboxylic acids is 1. The van der Waals surface area contributed by atoms with Crippen LogP contribution in [0.2, 0.25) is 0 Å². The van der Waals surface area contributed by atoms with Crippen molar-refractivity contribution in [2.45, 2.75) is 32.7 Å². The minimum atomic E-state index is -0.171. The second-order valence-electron chi connectivity index (χ2n) is 5.49. The SMILES string of the molecule is CC(C)(C)NC(=O)CNCCCOc1ccccc1. The van der Waals surface area contributed by atoms with Crippen LogP contribution in [0.25, 0.3) is 0 Å². The molecule has 4 heteroatoms. The van der Waals surface area contributed by atoms with Crippen molar-refractivity contribution >= 4 is 5.91 Å². The van der Waals surface area contributed by atoms with Gasteiger partial charge in [-0.2, -0.15) is 0 Å². The number of rotatable bonds is 7. The van der Waals surface area contributed by atoms with Crippen molar-refractivity contribution < 1.29 is 9.53 Å². The first-order valence-corrected chi connectivity index (χ1v) is 6.67. The maximum atomic E-state index is 11.5. The van der Waals surface area contributed by atoms with Gasteiger partial charge in [-0.25, -0.2) is 0 Å². The molecule has 0 heterocycles. The molecular weight excluding hydrogens is 240 g/mol. The molecule has 2 N–H and O–H groups in total. The number of ether oxygens (including phenoxy) is 1. The number of nitrogens with one attached hydrogen (secondary N) is 2. The average Bonchev–Trinajstić information content (AvgIpc) is 2.32. The predicted octanol–water partition coefficient (Wildman–Crippen LogP) is 1.96. The van der Waals surface area contributed by atoms with E-state index in [1.54, 1.807) is 0 Å². The maximum absolute atomic E-state index is 11.5. The first-order valence-electron chi connectivity index (χ1n) is 6.67. The van der Waals surface area contributed by atoms with Gasteiger partial charge in [0.05, 0.1) is 13.2 Å². The Morgan fingerprint density at radius 1 is 1.21 bits per heavy atom. The molecule has 0 aliphatic heterocycles. The first kappa shape index (κ1) is 15.5. The smallest absolute Gasteiger partial charge is 0.234 e. The highest BCUT2D eigenvalue weighted by Gasteiger charge is 2.12. The van der Waals surface area contributed by atoms with E-state index in [-0.39, 0.29) is 11.4 Å². The lowest BCUT2D eigenvalue weighted by molar-refractivity contribution is -0.121. The largest absolute Gasteiger partial charge is 0.494 e. The molecular formula is C15H24N2O2. The zero-order valence-electron chi connectivity index (χ0n) is 12.0. The van der Waals surface area contributed by atoms with E-state index in [9.17, 15) is 4.79 Å². The molecule has 19 heavy (non-hydrogen) atoms. The molecule has 1 aromatic rings.